The summed E-state index contributed by atoms with van der Waals surface area (Å²) in [5, 5.41) is 3.01. The van der Waals surface area contributed by atoms with E-state index in [0.29, 0.717) is 0 Å². The van der Waals surface area contributed by atoms with Crippen LogP contribution in [0.25, 0.3) is 0 Å². The summed E-state index contributed by atoms with van der Waals surface area (Å²) in [4.78, 5) is 26.8. The normalized spacial score (nSPS) is 11.5. The highest BCUT2D eigenvalue weighted by Crippen LogP contribution is 2.18. The zero-order chi connectivity index (χ0) is 18.6. The molecule has 0 radical (unpaired) electrons. The van der Waals surface area contributed by atoms with Crippen molar-refractivity contribution in [3.05, 3.63) is 56.2 Å². The molecule has 1 aromatic carbocycles. The van der Waals surface area contributed by atoms with Gasteiger partial charge in [0.2, 0.25) is 10.0 Å². The largest absolute Gasteiger partial charge is 0.342 e. The third-order valence-corrected chi connectivity index (χ3v) is 4.46. The second-order valence-corrected chi connectivity index (χ2v) is 7.60. The molecule has 0 aliphatic carbocycles. The van der Waals surface area contributed by atoms with Gasteiger partial charge in [-0.05, 0) is 36.6 Å². The molecule has 2 aromatic rings. The number of benzene rings is 1. The molecule has 25 heavy (non-hydrogen) atoms. The number of H-pyrrole nitrogens is 1. The monoisotopic (exact) mass is 366 g/mol. The van der Waals surface area contributed by atoms with Crippen molar-refractivity contribution in [2.45, 2.75) is 26.8 Å². The molecule has 0 spiro atoms. The van der Waals surface area contributed by atoms with Gasteiger partial charge in [0, 0.05) is 24.8 Å². The first-order valence-electron chi connectivity index (χ1n) is 7.85. The van der Waals surface area contributed by atoms with Crippen LogP contribution in [0.5, 0.6) is 0 Å². The maximum Gasteiger partial charge on any atom is 0.329 e. The summed E-state index contributed by atoms with van der Waals surface area (Å²) in [6.45, 7) is 3.99. The van der Waals surface area contributed by atoms with Gasteiger partial charge in [-0.1, -0.05) is 13.0 Å². The summed E-state index contributed by atoms with van der Waals surface area (Å²) in [5.74, 6) is 0.285. The fourth-order valence-corrected chi connectivity index (χ4v) is 2.89. The van der Waals surface area contributed by atoms with Gasteiger partial charge in [-0.25, -0.2) is 17.9 Å². The third kappa shape index (κ3) is 5.30. The predicted octanol–water partition coefficient (Wildman–Crippen LogP) is 0.700. The molecule has 9 heteroatoms. The number of hydrogen-bond donors (Lipinski definition) is 3. The standard InChI is InChI=1S/C16H22N4O4S/c1-4-12-9-13(6-5-11(12)2)18-14-10-15(21)20(16(22)19-14)8-7-17-25(3,23)24/h5-6,9-10,17-18H,4,7-8H2,1-3H3,(H,19,22). The summed E-state index contributed by atoms with van der Waals surface area (Å²) in [7, 11) is -3.37. The van der Waals surface area contributed by atoms with E-state index in [9.17, 15) is 18.0 Å². The smallest absolute Gasteiger partial charge is 0.329 e. The molecule has 0 unspecified atom stereocenters. The molecule has 0 atom stereocenters. The molecule has 0 aliphatic rings. The number of rotatable bonds is 7. The Kier molecular flexibility index (Phi) is 5.81. The van der Waals surface area contributed by atoms with E-state index >= 15 is 0 Å². The van der Waals surface area contributed by atoms with E-state index in [1.165, 1.54) is 17.2 Å². The number of aromatic nitrogens is 2. The van der Waals surface area contributed by atoms with Crippen LogP contribution in [0.2, 0.25) is 0 Å². The van der Waals surface area contributed by atoms with E-state index in [1.54, 1.807) is 0 Å². The highest BCUT2D eigenvalue weighted by molar-refractivity contribution is 7.88. The van der Waals surface area contributed by atoms with Crippen LogP contribution in [0, 0.1) is 6.92 Å². The Labute approximate surface area is 146 Å². The Morgan fingerprint density at radius 1 is 1.20 bits per heavy atom. The van der Waals surface area contributed by atoms with Gasteiger partial charge in [0.25, 0.3) is 5.56 Å². The Balaban J connectivity index is 2.19. The maximum atomic E-state index is 12.1. The second-order valence-electron chi connectivity index (χ2n) is 5.76. The lowest BCUT2D eigenvalue weighted by Gasteiger charge is -2.11. The molecule has 0 amide bonds. The van der Waals surface area contributed by atoms with E-state index in [4.69, 9.17) is 0 Å². The Hall–Kier alpha value is -2.39. The van der Waals surface area contributed by atoms with Crippen molar-refractivity contribution >= 4 is 21.5 Å². The Morgan fingerprint density at radius 3 is 2.52 bits per heavy atom. The van der Waals surface area contributed by atoms with Crippen LogP contribution in [0.15, 0.2) is 33.9 Å². The number of nitrogens with one attached hydrogen (secondary N) is 3. The van der Waals surface area contributed by atoms with E-state index in [1.807, 2.05) is 25.1 Å². The van der Waals surface area contributed by atoms with Gasteiger partial charge in [-0.2, -0.15) is 0 Å². The number of anilines is 2. The molecule has 2 rings (SSSR count). The lowest BCUT2D eigenvalue weighted by molar-refractivity contribution is 0.569. The van der Waals surface area contributed by atoms with Gasteiger partial charge in [0.15, 0.2) is 0 Å². The molecular weight excluding hydrogens is 344 g/mol. The number of aromatic amines is 1. The lowest BCUT2D eigenvalue weighted by Crippen LogP contribution is -2.38. The van der Waals surface area contributed by atoms with Crippen LogP contribution < -0.4 is 21.3 Å². The first-order chi connectivity index (χ1) is 11.7. The molecule has 0 bridgehead atoms. The fourth-order valence-electron chi connectivity index (χ4n) is 2.43. The summed E-state index contributed by atoms with van der Waals surface area (Å²) in [5.41, 5.74) is 2.01. The minimum Gasteiger partial charge on any atom is -0.342 e. The third-order valence-electron chi connectivity index (χ3n) is 3.73. The van der Waals surface area contributed by atoms with Gasteiger partial charge in [-0.3, -0.25) is 14.3 Å². The van der Waals surface area contributed by atoms with Crippen molar-refractivity contribution in [2.75, 3.05) is 18.1 Å². The summed E-state index contributed by atoms with van der Waals surface area (Å²) < 4.78 is 25.2. The topological polar surface area (TPSA) is 113 Å². The van der Waals surface area contributed by atoms with E-state index < -0.39 is 21.3 Å². The number of sulfonamides is 1. The van der Waals surface area contributed by atoms with E-state index in [2.05, 4.69) is 21.9 Å². The maximum absolute atomic E-state index is 12.1. The fraction of sp³-hybridized carbons (Fsp3) is 0.375. The van der Waals surface area contributed by atoms with Crippen LogP contribution >= 0.6 is 0 Å². The number of hydrogen-bond acceptors (Lipinski definition) is 5. The molecule has 0 fully saturated rings. The van der Waals surface area contributed by atoms with Crippen LogP contribution in [-0.2, 0) is 23.0 Å². The highest BCUT2D eigenvalue weighted by Gasteiger charge is 2.07. The van der Waals surface area contributed by atoms with Crippen molar-refractivity contribution in [2.24, 2.45) is 0 Å². The van der Waals surface area contributed by atoms with Gasteiger partial charge >= 0.3 is 5.69 Å². The molecule has 136 valence electrons. The summed E-state index contributed by atoms with van der Waals surface area (Å²) in [6.07, 6.45) is 1.89. The second kappa shape index (κ2) is 7.66. The van der Waals surface area contributed by atoms with Gasteiger partial charge < -0.3 is 5.32 Å². The molecule has 0 aliphatic heterocycles. The quantitative estimate of drug-likeness (QED) is 0.668. The van der Waals surface area contributed by atoms with Gasteiger partial charge in [0.05, 0.1) is 6.26 Å². The van der Waals surface area contributed by atoms with Crippen molar-refractivity contribution in [1.29, 1.82) is 0 Å². The average molecular weight is 366 g/mol. The molecule has 0 saturated carbocycles. The summed E-state index contributed by atoms with van der Waals surface area (Å²) >= 11 is 0. The van der Waals surface area contributed by atoms with E-state index in [-0.39, 0.29) is 18.9 Å². The molecular formula is C16H22N4O4S. The van der Waals surface area contributed by atoms with Crippen molar-refractivity contribution in [3.8, 4) is 0 Å². The molecule has 3 N–H and O–H groups in total. The van der Waals surface area contributed by atoms with Crippen LogP contribution in [-0.4, -0.2) is 30.8 Å². The highest BCUT2D eigenvalue weighted by atomic mass is 32.2. The minimum absolute atomic E-state index is 0.0353. The van der Waals surface area contributed by atoms with Crippen molar-refractivity contribution in [1.82, 2.24) is 14.3 Å². The van der Waals surface area contributed by atoms with Crippen molar-refractivity contribution < 1.29 is 8.42 Å². The predicted molar refractivity (Wildman–Crippen MR) is 98.0 cm³/mol. The van der Waals surface area contributed by atoms with Gasteiger partial charge in [0.1, 0.15) is 5.82 Å². The van der Waals surface area contributed by atoms with Crippen molar-refractivity contribution in [3.63, 3.8) is 0 Å². The SMILES string of the molecule is CCc1cc(Nc2cc(=O)n(CCNS(C)(=O)=O)c(=O)[nH]2)ccc1C. The van der Waals surface area contributed by atoms with Crippen LogP contribution in [0.1, 0.15) is 18.1 Å². The summed E-state index contributed by atoms with van der Waals surface area (Å²) in [6, 6.07) is 7.08. The van der Waals surface area contributed by atoms with Gasteiger partial charge in [-0.15, -0.1) is 0 Å². The lowest BCUT2D eigenvalue weighted by atomic mass is 10.1. The minimum atomic E-state index is -3.37. The molecule has 1 heterocycles. The first-order valence-corrected chi connectivity index (χ1v) is 9.74. The number of nitrogens with zero attached hydrogens (tertiary/aromatic N) is 1. The van der Waals surface area contributed by atoms with E-state index in [0.717, 1.165) is 22.9 Å². The molecule has 1 aromatic heterocycles. The zero-order valence-corrected chi connectivity index (χ0v) is 15.2. The molecule has 0 saturated heterocycles. The number of aryl methyl sites for hydroxylation is 2. The first kappa shape index (κ1) is 18.9. The molecule has 8 nitrogen and oxygen atoms in total. The zero-order valence-electron chi connectivity index (χ0n) is 14.4. The Morgan fingerprint density at radius 2 is 1.92 bits per heavy atom. The van der Waals surface area contributed by atoms with Crippen LogP contribution in [0.3, 0.4) is 0 Å². The van der Waals surface area contributed by atoms with Crippen LogP contribution in [0.4, 0.5) is 11.5 Å². The average Bonchev–Trinajstić information content (AvgIpc) is 2.51. The Bertz CT molecular complexity index is 945.